The molecule has 0 fully saturated rings. The summed E-state index contributed by atoms with van der Waals surface area (Å²) in [4.78, 5) is 12.1. The topological polar surface area (TPSA) is 87.0 Å². The largest absolute Gasteiger partial charge is 0.508 e. The van der Waals surface area contributed by atoms with E-state index in [0.29, 0.717) is 5.56 Å². The molecule has 0 saturated heterocycles. The van der Waals surface area contributed by atoms with Crippen LogP contribution < -0.4 is 4.74 Å². The van der Waals surface area contributed by atoms with E-state index in [1.165, 1.54) is 24.3 Å². The first kappa shape index (κ1) is 12.1. The summed E-state index contributed by atoms with van der Waals surface area (Å²) < 4.78 is 5.33. The first-order valence-corrected chi connectivity index (χ1v) is 5.84. The van der Waals surface area contributed by atoms with Crippen LogP contribution in [0.15, 0.2) is 42.2 Å². The van der Waals surface area contributed by atoms with Crippen molar-refractivity contribution in [3.63, 3.8) is 0 Å². The number of hydrogen-bond donors (Lipinski definition) is 3. The van der Waals surface area contributed by atoms with Gasteiger partial charge < -0.3 is 20.1 Å². The molecule has 2 aromatic carbocycles. The first-order valence-electron chi connectivity index (χ1n) is 5.84. The third kappa shape index (κ3) is 1.95. The van der Waals surface area contributed by atoms with Gasteiger partial charge in [-0.25, -0.2) is 0 Å². The van der Waals surface area contributed by atoms with Gasteiger partial charge in [0, 0.05) is 12.1 Å². The van der Waals surface area contributed by atoms with Gasteiger partial charge in [-0.3, -0.25) is 4.79 Å². The summed E-state index contributed by atoms with van der Waals surface area (Å²) in [6.45, 7) is 0. The molecular formula is C15H10O5. The Morgan fingerprint density at radius 3 is 2.55 bits per heavy atom. The zero-order valence-corrected chi connectivity index (χ0v) is 10.2. The number of carbonyl (C=O) groups excluding carboxylic acids is 1. The van der Waals surface area contributed by atoms with E-state index in [2.05, 4.69) is 0 Å². The summed E-state index contributed by atoms with van der Waals surface area (Å²) in [5.41, 5.74) is 0.610. The van der Waals surface area contributed by atoms with E-state index < -0.39 is 5.78 Å². The van der Waals surface area contributed by atoms with Crippen molar-refractivity contribution < 1.29 is 24.9 Å². The number of ketones is 1. The van der Waals surface area contributed by atoms with E-state index in [1.807, 2.05) is 0 Å². The van der Waals surface area contributed by atoms with Crippen molar-refractivity contribution in [2.24, 2.45) is 0 Å². The van der Waals surface area contributed by atoms with Crippen LogP contribution in [0.3, 0.4) is 0 Å². The fourth-order valence-corrected chi connectivity index (χ4v) is 2.04. The number of benzene rings is 2. The zero-order valence-electron chi connectivity index (χ0n) is 10.2. The fraction of sp³-hybridized carbons (Fsp3) is 0. The van der Waals surface area contributed by atoms with E-state index in [4.69, 9.17) is 4.74 Å². The van der Waals surface area contributed by atoms with Crippen molar-refractivity contribution >= 4 is 11.9 Å². The molecule has 20 heavy (non-hydrogen) atoms. The van der Waals surface area contributed by atoms with Crippen molar-refractivity contribution in [3.05, 3.63) is 53.3 Å². The molecule has 100 valence electrons. The highest BCUT2D eigenvalue weighted by Gasteiger charge is 2.31. The lowest BCUT2D eigenvalue weighted by molar-refractivity contribution is 0.101. The number of fused-ring (bicyclic) bond motifs is 1. The van der Waals surface area contributed by atoms with E-state index in [0.717, 1.165) is 6.07 Å². The standard InChI is InChI=1S/C15H10O5/c16-9-3-1-2-8(4-9)5-13-15(19)14-11(18)6-10(17)7-12(14)20-13/h1-7,16-18H/b13-5-. The molecule has 1 heterocycles. The Labute approximate surface area is 114 Å². The zero-order chi connectivity index (χ0) is 14.3. The van der Waals surface area contributed by atoms with Gasteiger partial charge in [-0.05, 0) is 23.8 Å². The molecule has 1 aliphatic heterocycles. The van der Waals surface area contributed by atoms with E-state index in [-0.39, 0.29) is 34.3 Å². The lowest BCUT2D eigenvalue weighted by Gasteiger charge is -2.00. The lowest BCUT2D eigenvalue weighted by Crippen LogP contribution is -1.98. The Morgan fingerprint density at radius 2 is 1.80 bits per heavy atom. The van der Waals surface area contributed by atoms with Crippen molar-refractivity contribution in [2.45, 2.75) is 0 Å². The minimum atomic E-state index is -0.471. The van der Waals surface area contributed by atoms with Crippen molar-refractivity contribution in [1.82, 2.24) is 0 Å². The maximum atomic E-state index is 12.1. The molecule has 0 radical (unpaired) electrons. The molecular weight excluding hydrogens is 260 g/mol. The Hall–Kier alpha value is -2.95. The molecule has 5 heteroatoms. The van der Waals surface area contributed by atoms with Crippen molar-refractivity contribution in [1.29, 1.82) is 0 Å². The second kappa shape index (κ2) is 4.31. The fourth-order valence-electron chi connectivity index (χ4n) is 2.04. The summed E-state index contributed by atoms with van der Waals surface area (Å²) >= 11 is 0. The quantitative estimate of drug-likeness (QED) is 0.693. The number of phenols is 3. The van der Waals surface area contributed by atoms with Crippen molar-refractivity contribution in [3.8, 4) is 23.0 Å². The minimum absolute atomic E-state index is 0.0199. The molecule has 0 saturated carbocycles. The molecule has 2 aromatic rings. The second-order valence-electron chi connectivity index (χ2n) is 4.37. The Bertz CT molecular complexity index is 746. The van der Waals surface area contributed by atoms with Crippen LogP contribution in [0, 0.1) is 0 Å². The Balaban J connectivity index is 2.04. The number of allylic oxidation sites excluding steroid dienone is 1. The third-order valence-electron chi connectivity index (χ3n) is 2.90. The molecule has 0 bridgehead atoms. The average molecular weight is 270 g/mol. The van der Waals surface area contributed by atoms with Gasteiger partial charge in [0.05, 0.1) is 0 Å². The molecule has 0 aliphatic carbocycles. The number of carbonyl (C=O) groups is 1. The summed E-state index contributed by atoms with van der Waals surface area (Å²) in [5, 5.41) is 28.4. The second-order valence-corrected chi connectivity index (χ2v) is 4.37. The van der Waals surface area contributed by atoms with Gasteiger partial charge in [-0.15, -0.1) is 0 Å². The van der Waals surface area contributed by atoms with Crippen LogP contribution >= 0.6 is 0 Å². The summed E-state index contributed by atoms with van der Waals surface area (Å²) in [6, 6.07) is 8.66. The van der Waals surface area contributed by atoms with Crippen LogP contribution in [0.5, 0.6) is 23.0 Å². The number of phenolic OH excluding ortho intramolecular Hbond substituents is 3. The first-order chi connectivity index (χ1) is 9.54. The lowest BCUT2D eigenvalue weighted by atomic mass is 10.1. The Kier molecular flexibility index (Phi) is 2.61. The van der Waals surface area contributed by atoms with Crippen LogP contribution in [0.2, 0.25) is 0 Å². The molecule has 0 amide bonds. The summed E-state index contributed by atoms with van der Waals surface area (Å²) in [6.07, 6.45) is 1.46. The molecule has 3 N–H and O–H groups in total. The minimum Gasteiger partial charge on any atom is -0.508 e. The number of ether oxygens (including phenoxy) is 1. The van der Waals surface area contributed by atoms with Gasteiger partial charge in [0.25, 0.3) is 0 Å². The molecule has 0 spiro atoms. The number of rotatable bonds is 1. The average Bonchev–Trinajstić information content (AvgIpc) is 2.66. The molecule has 0 unspecified atom stereocenters. The van der Waals surface area contributed by atoms with Crippen molar-refractivity contribution in [2.75, 3.05) is 0 Å². The highest BCUT2D eigenvalue weighted by Crippen LogP contribution is 2.40. The summed E-state index contributed by atoms with van der Waals surface area (Å²) in [7, 11) is 0. The highest BCUT2D eigenvalue weighted by atomic mass is 16.5. The summed E-state index contributed by atoms with van der Waals surface area (Å²) in [5.74, 6) is -0.786. The van der Waals surface area contributed by atoms with Gasteiger partial charge in [0.1, 0.15) is 28.6 Å². The number of hydrogen-bond acceptors (Lipinski definition) is 5. The molecule has 3 rings (SSSR count). The normalized spacial score (nSPS) is 15.2. The van der Waals surface area contributed by atoms with Gasteiger partial charge in [-0.1, -0.05) is 12.1 Å². The maximum Gasteiger partial charge on any atom is 0.235 e. The van der Waals surface area contributed by atoms with Gasteiger partial charge in [-0.2, -0.15) is 0 Å². The molecule has 0 aromatic heterocycles. The maximum absolute atomic E-state index is 12.1. The molecule has 0 atom stereocenters. The molecule has 5 nitrogen and oxygen atoms in total. The van der Waals surface area contributed by atoms with E-state index >= 15 is 0 Å². The monoisotopic (exact) mass is 270 g/mol. The predicted molar refractivity (Wildman–Crippen MR) is 70.8 cm³/mol. The van der Waals surface area contributed by atoms with E-state index in [9.17, 15) is 20.1 Å². The van der Waals surface area contributed by atoms with Gasteiger partial charge in [0.15, 0.2) is 5.76 Å². The van der Waals surface area contributed by atoms with E-state index in [1.54, 1.807) is 12.1 Å². The predicted octanol–water partition coefficient (Wildman–Crippen LogP) is 2.42. The number of aromatic hydroxyl groups is 3. The van der Waals surface area contributed by atoms with Crippen LogP contribution in [-0.4, -0.2) is 21.1 Å². The van der Waals surface area contributed by atoms with Crippen LogP contribution in [-0.2, 0) is 0 Å². The van der Waals surface area contributed by atoms with Crippen LogP contribution in [0.4, 0.5) is 0 Å². The van der Waals surface area contributed by atoms with Crippen LogP contribution in [0.25, 0.3) is 6.08 Å². The highest BCUT2D eigenvalue weighted by molar-refractivity contribution is 6.16. The Morgan fingerprint density at radius 1 is 1.00 bits per heavy atom. The van der Waals surface area contributed by atoms with Gasteiger partial charge in [0.2, 0.25) is 5.78 Å². The number of Topliss-reactive ketones (excluding diaryl/α,β-unsaturated/α-hetero) is 1. The smallest absolute Gasteiger partial charge is 0.235 e. The third-order valence-corrected chi connectivity index (χ3v) is 2.90. The van der Waals surface area contributed by atoms with Gasteiger partial charge >= 0.3 is 0 Å². The SMILES string of the molecule is O=C1/C(=C/c2cccc(O)c2)Oc2cc(O)cc(O)c21. The van der Waals surface area contributed by atoms with Crippen LogP contribution in [0.1, 0.15) is 15.9 Å². The molecule has 1 aliphatic rings.